The standard InChI is InChI=1S/C52H63ClN10O4/c1-33-37(11-21-54)5-4-6-41(33)34(2)56-49-42-30-46(55-31-43(42)35(3)58-59-49)61-24-14-39(15-25-61)48(65)38-12-22-60(23-13-38)32-36-9-17-52(18-10-36)19-27-62(28-20-52)50(66)40-7-8-44(53)45(29-40)63-26-16-47(64)57-51(63)67/h4-8,29-31,34,36,38-39H,9-20,22-28,32H2,1-3H3,(H,56,59)(H,57,64,67)/t34-/m1/s1. The van der Waals surface area contributed by atoms with Crippen LogP contribution >= 0.6 is 11.6 Å². The van der Waals surface area contributed by atoms with Crippen molar-refractivity contribution in [2.45, 2.75) is 104 Å². The van der Waals surface area contributed by atoms with Gasteiger partial charge in [0, 0.05) is 80.1 Å². The zero-order valence-electron chi connectivity index (χ0n) is 39.2. The molecule has 5 aliphatic rings. The normalized spacial score (nSPS) is 20.5. The number of likely N-dealkylation sites (tertiary alicyclic amines) is 2. The van der Waals surface area contributed by atoms with E-state index in [1.807, 2.05) is 30.2 Å². The van der Waals surface area contributed by atoms with Crippen LogP contribution in [0.2, 0.25) is 5.02 Å². The Kier molecular flexibility index (Phi) is 13.8. The minimum atomic E-state index is -0.521. The number of anilines is 3. The van der Waals surface area contributed by atoms with Crippen LogP contribution in [0.25, 0.3) is 10.8 Å². The predicted octanol–water partition coefficient (Wildman–Crippen LogP) is 8.59. The maximum absolute atomic E-state index is 13.9. The van der Waals surface area contributed by atoms with Crippen LogP contribution in [0.4, 0.5) is 22.1 Å². The number of carbonyl (C=O) groups is 4. The third-order valence-corrected chi connectivity index (χ3v) is 16.3. The molecule has 4 amide bonds. The Morgan fingerprint density at radius 2 is 1.61 bits per heavy atom. The molecular formula is C52H63ClN10O4. The van der Waals surface area contributed by atoms with Gasteiger partial charge in [0.05, 0.1) is 34.9 Å². The number of fused-ring (bicyclic) bond motifs is 1. The number of ketones is 1. The summed E-state index contributed by atoms with van der Waals surface area (Å²) in [6.07, 6.45) is 12.9. The Morgan fingerprint density at radius 1 is 0.896 bits per heavy atom. The van der Waals surface area contributed by atoms with E-state index in [0.29, 0.717) is 40.2 Å². The van der Waals surface area contributed by atoms with E-state index in [1.54, 1.807) is 18.2 Å². The van der Waals surface area contributed by atoms with E-state index in [2.05, 4.69) is 62.7 Å². The molecule has 1 atom stereocenters. The van der Waals surface area contributed by atoms with Crippen molar-refractivity contribution in [3.8, 4) is 6.07 Å². The number of pyridine rings is 1. The second-order valence-corrected chi connectivity index (χ2v) is 20.4. The number of Topliss-reactive ketones (excluding diaryl/α,β-unsaturated/α-hetero) is 1. The molecule has 2 N–H and O–H groups in total. The Bertz CT molecular complexity index is 2560. The first-order valence-electron chi connectivity index (χ1n) is 24.4. The molecule has 2 aromatic heterocycles. The predicted molar refractivity (Wildman–Crippen MR) is 260 cm³/mol. The summed E-state index contributed by atoms with van der Waals surface area (Å²) in [5.74, 6) is 2.60. The summed E-state index contributed by atoms with van der Waals surface area (Å²) in [5.41, 5.74) is 5.33. The number of nitrogens with zero attached hydrogens (tertiary/aromatic N) is 8. The fourth-order valence-corrected chi connectivity index (χ4v) is 11.9. The number of urea groups is 1. The van der Waals surface area contributed by atoms with E-state index in [1.165, 1.54) is 30.6 Å². The summed E-state index contributed by atoms with van der Waals surface area (Å²) in [7, 11) is 0. The van der Waals surface area contributed by atoms with Gasteiger partial charge >= 0.3 is 6.03 Å². The Morgan fingerprint density at radius 3 is 2.31 bits per heavy atom. The molecule has 0 unspecified atom stereocenters. The average Bonchev–Trinajstić information content (AvgIpc) is 3.34. The summed E-state index contributed by atoms with van der Waals surface area (Å²) in [4.78, 5) is 64.9. The number of aromatic nitrogens is 3. The number of nitriles is 1. The number of nitrogens with one attached hydrogen (secondary N) is 2. The zero-order valence-corrected chi connectivity index (χ0v) is 39.9. The van der Waals surface area contributed by atoms with Crippen LogP contribution in [-0.4, -0.2) is 101 Å². The van der Waals surface area contributed by atoms with Gasteiger partial charge in [-0.2, -0.15) is 10.4 Å². The van der Waals surface area contributed by atoms with E-state index >= 15 is 0 Å². The Labute approximate surface area is 398 Å². The molecule has 352 valence electrons. The van der Waals surface area contributed by atoms with E-state index in [-0.39, 0.29) is 48.1 Å². The number of carbonyl (C=O) groups excluding carboxylic acids is 4. The van der Waals surface area contributed by atoms with Crippen molar-refractivity contribution < 1.29 is 19.2 Å². The highest BCUT2D eigenvalue weighted by atomic mass is 35.5. The van der Waals surface area contributed by atoms with Gasteiger partial charge in [0.1, 0.15) is 11.6 Å². The van der Waals surface area contributed by atoms with Crippen molar-refractivity contribution in [2.24, 2.45) is 23.2 Å². The molecule has 6 heterocycles. The minimum Gasteiger partial charge on any atom is -0.362 e. The SMILES string of the molecule is Cc1c(CC#N)cccc1[C@@H](C)Nc1nnc(C)c2cnc(N3CCC(C(=O)C4CCN(CC5CCC6(CC5)CCN(C(=O)c5ccc(Cl)c(N7CCC(=O)NC7=O)c5)CC6)CC4)CC3)cc12. The van der Waals surface area contributed by atoms with Crippen LogP contribution in [0.3, 0.4) is 0 Å². The van der Waals surface area contributed by atoms with Gasteiger partial charge in [-0.3, -0.25) is 24.6 Å². The van der Waals surface area contributed by atoms with Crippen LogP contribution in [0.5, 0.6) is 0 Å². The minimum absolute atomic E-state index is 0.0471. The van der Waals surface area contributed by atoms with E-state index in [9.17, 15) is 24.4 Å². The molecule has 14 nitrogen and oxygen atoms in total. The topological polar surface area (TPSA) is 168 Å². The molecule has 9 rings (SSSR count). The van der Waals surface area contributed by atoms with Gasteiger partial charge in [0.25, 0.3) is 5.91 Å². The number of aryl methyl sites for hydroxylation is 1. The maximum atomic E-state index is 13.9. The molecule has 1 saturated carbocycles. The number of hydrogen-bond donors (Lipinski definition) is 2. The van der Waals surface area contributed by atoms with Gasteiger partial charge in [0.15, 0.2) is 5.82 Å². The summed E-state index contributed by atoms with van der Waals surface area (Å²) in [5, 5.41) is 26.6. The maximum Gasteiger partial charge on any atom is 0.328 e. The Hall–Kier alpha value is -5.65. The van der Waals surface area contributed by atoms with Gasteiger partial charge in [-0.1, -0.05) is 29.8 Å². The van der Waals surface area contributed by atoms with Crippen LogP contribution < -0.4 is 20.4 Å². The van der Waals surface area contributed by atoms with Crippen molar-refractivity contribution in [3.05, 3.63) is 81.6 Å². The molecule has 0 bridgehead atoms. The molecule has 2 aromatic carbocycles. The van der Waals surface area contributed by atoms with Crippen LogP contribution in [0.1, 0.15) is 116 Å². The highest BCUT2D eigenvalue weighted by Gasteiger charge is 2.40. The van der Waals surface area contributed by atoms with Gasteiger partial charge in [-0.15, -0.1) is 5.10 Å². The van der Waals surface area contributed by atoms with Gasteiger partial charge in [-0.05, 0) is 150 Å². The van der Waals surface area contributed by atoms with Gasteiger partial charge < -0.3 is 20.0 Å². The van der Waals surface area contributed by atoms with Gasteiger partial charge in [0.2, 0.25) is 5.91 Å². The highest BCUT2D eigenvalue weighted by molar-refractivity contribution is 6.34. The van der Waals surface area contributed by atoms with Crippen molar-refractivity contribution >= 4 is 63.3 Å². The molecule has 4 aromatic rings. The lowest BCUT2D eigenvalue weighted by molar-refractivity contribution is -0.129. The van der Waals surface area contributed by atoms with E-state index < -0.39 is 6.03 Å². The number of rotatable bonds is 11. The monoisotopic (exact) mass is 926 g/mol. The fraction of sp³-hybridized carbons (Fsp3) is 0.538. The summed E-state index contributed by atoms with van der Waals surface area (Å²) in [6.45, 7) is 12.5. The van der Waals surface area contributed by atoms with Crippen molar-refractivity contribution in [2.75, 3.05) is 67.5 Å². The number of halogens is 1. The number of imide groups is 1. The van der Waals surface area contributed by atoms with Crippen molar-refractivity contribution in [3.63, 3.8) is 0 Å². The number of amides is 4. The smallest absolute Gasteiger partial charge is 0.328 e. The molecule has 0 radical (unpaired) electrons. The number of hydrogen-bond acceptors (Lipinski definition) is 11. The summed E-state index contributed by atoms with van der Waals surface area (Å²) < 4.78 is 0. The second-order valence-electron chi connectivity index (χ2n) is 19.9. The largest absolute Gasteiger partial charge is 0.362 e. The Balaban J connectivity index is 0.715. The lowest BCUT2D eigenvalue weighted by Gasteiger charge is -2.47. The third kappa shape index (κ3) is 10.00. The second kappa shape index (κ2) is 19.9. The van der Waals surface area contributed by atoms with E-state index in [4.69, 9.17) is 16.6 Å². The summed E-state index contributed by atoms with van der Waals surface area (Å²) >= 11 is 6.45. The molecule has 1 spiro atoms. The number of benzene rings is 2. The highest BCUT2D eigenvalue weighted by Crippen LogP contribution is 2.47. The molecule has 5 fully saturated rings. The first-order chi connectivity index (χ1) is 32.4. The van der Waals surface area contributed by atoms with Crippen molar-refractivity contribution in [1.29, 1.82) is 5.26 Å². The molecule has 4 aliphatic heterocycles. The quantitative estimate of drug-likeness (QED) is 0.148. The molecular weight excluding hydrogens is 864 g/mol. The number of piperidine rings is 3. The molecule has 1 aliphatic carbocycles. The third-order valence-electron chi connectivity index (χ3n) is 16.0. The molecule has 4 saturated heterocycles. The van der Waals surface area contributed by atoms with Crippen molar-refractivity contribution in [1.82, 2.24) is 30.3 Å². The lowest BCUT2D eigenvalue weighted by atomic mass is 9.65. The lowest BCUT2D eigenvalue weighted by Crippen LogP contribution is -2.49. The molecule has 15 heteroatoms. The molecule has 67 heavy (non-hydrogen) atoms. The van der Waals surface area contributed by atoms with Crippen LogP contribution in [-0.2, 0) is 16.0 Å². The first kappa shape index (κ1) is 46.5. The van der Waals surface area contributed by atoms with Gasteiger partial charge in [-0.25, -0.2) is 9.78 Å². The first-order valence-corrected chi connectivity index (χ1v) is 24.8. The van der Waals surface area contributed by atoms with Crippen LogP contribution in [0.15, 0.2) is 48.7 Å². The van der Waals surface area contributed by atoms with Crippen LogP contribution in [0, 0.1) is 48.3 Å². The average molecular weight is 928 g/mol. The zero-order chi connectivity index (χ0) is 46.8. The fourth-order valence-electron chi connectivity index (χ4n) is 11.7. The summed E-state index contributed by atoms with van der Waals surface area (Å²) in [6, 6.07) is 15.0. The van der Waals surface area contributed by atoms with E-state index in [0.717, 1.165) is 123 Å².